The lowest BCUT2D eigenvalue weighted by Crippen LogP contribution is -2.50. The minimum Gasteiger partial charge on any atom is -0.494 e. The van der Waals surface area contributed by atoms with E-state index in [1.54, 1.807) is 17.0 Å². The molecule has 1 heterocycles. The van der Waals surface area contributed by atoms with Crippen molar-refractivity contribution >= 4 is 22.0 Å². The number of hydrogen-bond acceptors (Lipinski definition) is 4. The summed E-state index contributed by atoms with van der Waals surface area (Å²) in [5.41, 5.74) is 1.35. The second-order valence-corrected chi connectivity index (χ2v) is 8.50. The molecule has 1 amide bonds. The molecule has 0 aromatic heterocycles. The van der Waals surface area contributed by atoms with Gasteiger partial charge in [-0.2, -0.15) is 4.31 Å². The zero-order chi connectivity index (χ0) is 20.9. The number of halogens is 1. The van der Waals surface area contributed by atoms with E-state index in [2.05, 4.69) is 0 Å². The molecule has 0 aliphatic carbocycles. The Labute approximate surface area is 170 Å². The van der Waals surface area contributed by atoms with Crippen LogP contribution < -0.4 is 4.74 Å². The van der Waals surface area contributed by atoms with E-state index < -0.39 is 15.8 Å². The van der Waals surface area contributed by atoms with Crippen LogP contribution in [-0.2, 0) is 21.2 Å². The van der Waals surface area contributed by atoms with E-state index in [4.69, 9.17) is 4.74 Å². The van der Waals surface area contributed by atoms with Crippen molar-refractivity contribution in [2.24, 2.45) is 0 Å². The summed E-state index contributed by atoms with van der Waals surface area (Å²) in [5.74, 6) is -0.547. The summed E-state index contributed by atoms with van der Waals surface area (Å²) in [6, 6.07) is 13.6. The van der Waals surface area contributed by atoms with Crippen LogP contribution in [0.25, 0.3) is 6.08 Å². The molecule has 1 aliphatic heterocycles. The molecular weight excluding hydrogens is 395 g/mol. The van der Waals surface area contributed by atoms with E-state index in [1.165, 1.54) is 29.0 Å². The average molecular weight is 418 g/mol. The van der Waals surface area contributed by atoms with Crippen LogP contribution in [0, 0.1) is 5.82 Å². The third-order valence-electron chi connectivity index (χ3n) is 4.75. The molecule has 6 nitrogen and oxygen atoms in total. The Hall–Kier alpha value is -2.71. The molecule has 29 heavy (non-hydrogen) atoms. The van der Waals surface area contributed by atoms with Crippen LogP contribution in [0.4, 0.5) is 4.39 Å². The normalized spacial score (nSPS) is 15.6. The fourth-order valence-corrected chi connectivity index (χ4v) is 4.29. The summed E-state index contributed by atoms with van der Waals surface area (Å²) < 4.78 is 45.0. The highest BCUT2D eigenvalue weighted by atomic mass is 32.2. The Morgan fingerprint density at radius 3 is 2.41 bits per heavy atom. The third kappa shape index (κ3) is 5.42. The monoisotopic (exact) mass is 418 g/mol. The number of sulfonamides is 1. The van der Waals surface area contributed by atoms with Crippen molar-refractivity contribution in [3.05, 3.63) is 70.9 Å². The maximum absolute atomic E-state index is 13.8. The molecule has 1 saturated heterocycles. The SMILES string of the molecule is COc1ccc(CC(=O)N2CCN(S(=O)(=O)C=Cc3ccccc3)CC2)cc1F. The quantitative estimate of drug-likeness (QED) is 0.723. The van der Waals surface area contributed by atoms with E-state index >= 15 is 0 Å². The lowest BCUT2D eigenvalue weighted by atomic mass is 10.1. The summed E-state index contributed by atoms with van der Waals surface area (Å²) in [7, 11) is -2.17. The first-order valence-corrected chi connectivity index (χ1v) is 10.7. The number of benzene rings is 2. The Morgan fingerprint density at radius 1 is 1.10 bits per heavy atom. The van der Waals surface area contributed by atoms with Gasteiger partial charge >= 0.3 is 0 Å². The largest absolute Gasteiger partial charge is 0.494 e. The molecule has 0 bridgehead atoms. The van der Waals surface area contributed by atoms with Gasteiger partial charge in [0, 0.05) is 31.6 Å². The summed E-state index contributed by atoms with van der Waals surface area (Å²) in [6.07, 6.45) is 1.62. The molecule has 2 aromatic carbocycles. The van der Waals surface area contributed by atoms with E-state index in [0.29, 0.717) is 18.7 Å². The van der Waals surface area contributed by atoms with Crippen LogP contribution in [0.5, 0.6) is 5.75 Å². The van der Waals surface area contributed by atoms with Crippen molar-refractivity contribution in [2.45, 2.75) is 6.42 Å². The summed E-state index contributed by atoms with van der Waals surface area (Å²) in [4.78, 5) is 14.1. The van der Waals surface area contributed by atoms with Crippen molar-refractivity contribution in [1.82, 2.24) is 9.21 Å². The topological polar surface area (TPSA) is 66.9 Å². The van der Waals surface area contributed by atoms with Gasteiger partial charge in [-0.15, -0.1) is 0 Å². The molecule has 0 saturated carbocycles. The Balaban J connectivity index is 1.56. The number of methoxy groups -OCH3 is 1. The standard InChI is InChI=1S/C21H23FN2O4S/c1-28-20-8-7-18(15-19(20)22)16-21(25)23-10-12-24(13-11-23)29(26,27)14-9-17-5-3-2-4-6-17/h2-9,14-15H,10-13,16H2,1H3. The van der Waals surface area contributed by atoms with Gasteiger partial charge in [0.05, 0.1) is 13.5 Å². The van der Waals surface area contributed by atoms with Crippen molar-refractivity contribution in [3.8, 4) is 5.75 Å². The van der Waals surface area contributed by atoms with Crippen molar-refractivity contribution in [1.29, 1.82) is 0 Å². The number of ether oxygens (including phenoxy) is 1. The summed E-state index contributed by atoms with van der Waals surface area (Å²) in [5, 5.41) is 1.19. The van der Waals surface area contributed by atoms with Crippen molar-refractivity contribution in [2.75, 3.05) is 33.3 Å². The first-order chi connectivity index (χ1) is 13.9. The molecule has 154 valence electrons. The zero-order valence-electron chi connectivity index (χ0n) is 16.1. The van der Waals surface area contributed by atoms with Gasteiger partial charge in [-0.1, -0.05) is 36.4 Å². The molecule has 0 radical (unpaired) electrons. The number of hydrogen-bond donors (Lipinski definition) is 0. The lowest BCUT2D eigenvalue weighted by molar-refractivity contribution is -0.131. The second-order valence-electron chi connectivity index (χ2n) is 6.68. The van der Waals surface area contributed by atoms with E-state index in [0.717, 1.165) is 5.56 Å². The highest BCUT2D eigenvalue weighted by molar-refractivity contribution is 7.92. The van der Waals surface area contributed by atoms with Gasteiger partial charge in [0.25, 0.3) is 0 Å². The maximum Gasteiger partial charge on any atom is 0.236 e. The minimum atomic E-state index is -3.55. The maximum atomic E-state index is 13.8. The molecule has 1 fully saturated rings. The van der Waals surface area contributed by atoms with Crippen LogP contribution in [0.2, 0.25) is 0 Å². The van der Waals surface area contributed by atoms with Crippen LogP contribution in [0.3, 0.4) is 0 Å². The minimum absolute atomic E-state index is 0.0571. The number of nitrogens with zero attached hydrogens (tertiary/aromatic N) is 2. The molecule has 0 N–H and O–H groups in total. The average Bonchev–Trinajstić information content (AvgIpc) is 2.73. The van der Waals surface area contributed by atoms with Gasteiger partial charge in [-0.3, -0.25) is 4.79 Å². The predicted octanol–water partition coefficient (Wildman–Crippen LogP) is 2.52. The van der Waals surface area contributed by atoms with Gasteiger partial charge in [-0.25, -0.2) is 12.8 Å². The number of piperazine rings is 1. The smallest absolute Gasteiger partial charge is 0.236 e. The van der Waals surface area contributed by atoms with Gasteiger partial charge < -0.3 is 9.64 Å². The molecule has 8 heteroatoms. The molecular formula is C21H23FN2O4S. The van der Waals surface area contributed by atoms with Crippen molar-refractivity contribution in [3.63, 3.8) is 0 Å². The Kier molecular flexibility index (Phi) is 6.66. The molecule has 3 rings (SSSR count). The fourth-order valence-electron chi connectivity index (χ4n) is 3.11. The van der Waals surface area contributed by atoms with Crippen LogP contribution >= 0.6 is 0 Å². The second kappa shape index (κ2) is 9.19. The molecule has 2 aromatic rings. The predicted molar refractivity (Wildman–Crippen MR) is 109 cm³/mol. The van der Waals surface area contributed by atoms with Gasteiger partial charge in [-0.05, 0) is 29.3 Å². The lowest BCUT2D eigenvalue weighted by Gasteiger charge is -2.33. The van der Waals surface area contributed by atoms with E-state index in [9.17, 15) is 17.6 Å². The first-order valence-electron chi connectivity index (χ1n) is 9.22. The number of carbonyl (C=O) groups excluding carboxylic acids is 1. The van der Waals surface area contributed by atoms with Crippen LogP contribution in [0.1, 0.15) is 11.1 Å². The molecule has 0 unspecified atom stereocenters. The van der Waals surface area contributed by atoms with E-state index in [1.807, 2.05) is 30.3 Å². The molecule has 1 aliphatic rings. The third-order valence-corrected chi connectivity index (χ3v) is 6.32. The molecule has 0 atom stereocenters. The van der Waals surface area contributed by atoms with Crippen LogP contribution in [0.15, 0.2) is 53.9 Å². The van der Waals surface area contributed by atoms with Crippen LogP contribution in [-0.4, -0.2) is 56.8 Å². The number of amides is 1. The highest BCUT2D eigenvalue weighted by Crippen LogP contribution is 2.19. The van der Waals surface area contributed by atoms with Gasteiger partial charge in [0.15, 0.2) is 11.6 Å². The summed E-state index contributed by atoms with van der Waals surface area (Å²) >= 11 is 0. The zero-order valence-corrected chi connectivity index (χ0v) is 16.9. The van der Waals surface area contributed by atoms with Gasteiger partial charge in [0.1, 0.15) is 0 Å². The van der Waals surface area contributed by atoms with Gasteiger partial charge in [0.2, 0.25) is 15.9 Å². The highest BCUT2D eigenvalue weighted by Gasteiger charge is 2.27. The summed E-state index contributed by atoms with van der Waals surface area (Å²) in [6.45, 7) is 1.06. The fraction of sp³-hybridized carbons (Fsp3) is 0.286. The Bertz CT molecular complexity index is 985. The first kappa shape index (κ1) is 21.0. The van der Waals surface area contributed by atoms with Crippen molar-refractivity contribution < 1.29 is 22.3 Å². The number of carbonyl (C=O) groups is 1. The Morgan fingerprint density at radius 2 is 1.79 bits per heavy atom. The van der Waals surface area contributed by atoms with E-state index in [-0.39, 0.29) is 31.2 Å². The molecule has 0 spiro atoms. The number of rotatable bonds is 6.